The van der Waals surface area contributed by atoms with Crippen LogP contribution in [0.5, 0.6) is 0 Å². The lowest BCUT2D eigenvalue weighted by Crippen LogP contribution is -2.40. The van der Waals surface area contributed by atoms with E-state index in [2.05, 4.69) is 121 Å². The van der Waals surface area contributed by atoms with Crippen LogP contribution in [0.15, 0.2) is 133 Å². The van der Waals surface area contributed by atoms with Gasteiger partial charge in [-0.15, -0.1) is 0 Å². The Hall–Kier alpha value is -4.82. The molecule has 0 fully saturated rings. The van der Waals surface area contributed by atoms with E-state index in [1.54, 1.807) is 0 Å². The summed E-state index contributed by atoms with van der Waals surface area (Å²) < 4.78 is 0. The third-order valence-electron chi connectivity index (χ3n) is 9.51. The smallest absolute Gasteiger partial charge is 0.0727 e. The molecule has 2 heteroatoms. The second-order valence-electron chi connectivity index (χ2n) is 12.0. The average Bonchev–Trinajstić information content (AvgIpc) is 3.07. The minimum absolute atomic E-state index is 0.358. The molecular formula is C41H34N2. The Morgan fingerprint density at radius 3 is 2.28 bits per heavy atom. The number of hydrogen-bond donors (Lipinski definition) is 0. The summed E-state index contributed by atoms with van der Waals surface area (Å²) >= 11 is 0. The van der Waals surface area contributed by atoms with Gasteiger partial charge in [0, 0.05) is 35.4 Å². The number of rotatable bonds is 4. The van der Waals surface area contributed by atoms with E-state index in [1.165, 1.54) is 55.0 Å². The molecule has 4 aromatic rings. The molecule has 8 rings (SSSR count). The van der Waals surface area contributed by atoms with Gasteiger partial charge in [-0.05, 0) is 106 Å². The van der Waals surface area contributed by atoms with Crippen molar-refractivity contribution < 1.29 is 0 Å². The maximum Gasteiger partial charge on any atom is 0.0727 e. The molecule has 0 N–H and O–H groups in total. The van der Waals surface area contributed by atoms with Crippen molar-refractivity contribution in [3.63, 3.8) is 0 Å². The number of hydrogen-bond acceptors (Lipinski definition) is 2. The normalized spacial score (nSPS) is 20.2. The van der Waals surface area contributed by atoms with Gasteiger partial charge in [-0.3, -0.25) is 4.98 Å². The summed E-state index contributed by atoms with van der Waals surface area (Å²) in [6.45, 7) is 2.11. The van der Waals surface area contributed by atoms with E-state index in [0.29, 0.717) is 11.8 Å². The molecule has 0 radical (unpaired) electrons. The van der Waals surface area contributed by atoms with Gasteiger partial charge in [-0.1, -0.05) is 91.1 Å². The van der Waals surface area contributed by atoms with Crippen LogP contribution in [0.2, 0.25) is 0 Å². The Labute approximate surface area is 253 Å². The highest BCUT2D eigenvalue weighted by molar-refractivity contribution is 5.85. The van der Waals surface area contributed by atoms with Gasteiger partial charge in [0.05, 0.1) is 11.4 Å². The van der Waals surface area contributed by atoms with Crippen LogP contribution in [-0.4, -0.2) is 9.97 Å². The molecule has 0 aliphatic heterocycles. The molecular weight excluding hydrogens is 520 g/mol. The largest absolute Gasteiger partial charge is 0.264 e. The van der Waals surface area contributed by atoms with Crippen LogP contribution < -0.4 is 10.4 Å². The van der Waals surface area contributed by atoms with Crippen LogP contribution in [0.1, 0.15) is 36.0 Å². The molecule has 4 aliphatic rings. The Balaban J connectivity index is 1.22. The monoisotopic (exact) mass is 554 g/mol. The highest BCUT2D eigenvalue weighted by Gasteiger charge is 2.33. The summed E-state index contributed by atoms with van der Waals surface area (Å²) in [5, 5.41) is 2.82. The second-order valence-corrected chi connectivity index (χ2v) is 12.0. The summed E-state index contributed by atoms with van der Waals surface area (Å²) in [5.74, 6) is 0.732. The lowest BCUT2D eigenvalue weighted by Gasteiger charge is -2.36. The molecule has 208 valence electrons. The molecule has 4 aliphatic carbocycles. The van der Waals surface area contributed by atoms with E-state index < -0.39 is 0 Å². The summed E-state index contributed by atoms with van der Waals surface area (Å²) in [6.07, 6.45) is 26.8. The van der Waals surface area contributed by atoms with Crippen LogP contribution in [0.3, 0.4) is 0 Å². The summed E-state index contributed by atoms with van der Waals surface area (Å²) in [4.78, 5) is 9.37. The van der Waals surface area contributed by atoms with Crippen molar-refractivity contribution in [2.45, 2.75) is 32.6 Å². The molecule has 0 saturated carbocycles. The molecule has 0 saturated heterocycles. The first-order valence-corrected chi connectivity index (χ1v) is 15.5. The quantitative estimate of drug-likeness (QED) is 0.255. The van der Waals surface area contributed by atoms with Crippen molar-refractivity contribution in [3.05, 3.63) is 160 Å². The molecule has 43 heavy (non-hydrogen) atoms. The van der Waals surface area contributed by atoms with E-state index in [4.69, 9.17) is 4.98 Å². The van der Waals surface area contributed by atoms with E-state index in [0.717, 1.165) is 42.6 Å². The van der Waals surface area contributed by atoms with Gasteiger partial charge in [-0.25, -0.2) is 4.98 Å². The van der Waals surface area contributed by atoms with Crippen LogP contribution in [0, 0.1) is 18.8 Å². The summed E-state index contributed by atoms with van der Waals surface area (Å²) in [5.41, 5.74) is 14.1. The lowest BCUT2D eigenvalue weighted by atomic mass is 9.68. The second kappa shape index (κ2) is 10.8. The van der Waals surface area contributed by atoms with Gasteiger partial charge in [0.25, 0.3) is 0 Å². The first-order chi connectivity index (χ1) is 21.2. The third-order valence-corrected chi connectivity index (χ3v) is 9.51. The zero-order valence-corrected chi connectivity index (χ0v) is 24.5. The fraction of sp³-hybridized carbons (Fsp3) is 0.171. The Morgan fingerprint density at radius 1 is 0.721 bits per heavy atom. The molecule has 2 aromatic carbocycles. The van der Waals surface area contributed by atoms with Gasteiger partial charge in [0.15, 0.2) is 0 Å². The maximum atomic E-state index is 5.04. The fourth-order valence-corrected chi connectivity index (χ4v) is 7.41. The predicted molar refractivity (Wildman–Crippen MR) is 178 cm³/mol. The highest BCUT2D eigenvalue weighted by atomic mass is 14.7. The van der Waals surface area contributed by atoms with Crippen molar-refractivity contribution in [3.8, 4) is 22.5 Å². The number of allylic oxidation sites excluding steroid dienone is 9. The summed E-state index contributed by atoms with van der Waals surface area (Å²) in [7, 11) is 0. The highest BCUT2D eigenvalue weighted by Crippen LogP contribution is 2.44. The van der Waals surface area contributed by atoms with E-state index in [-0.39, 0.29) is 0 Å². The molecule has 2 heterocycles. The van der Waals surface area contributed by atoms with Crippen LogP contribution >= 0.6 is 0 Å². The predicted octanol–water partition coefficient (Wildman–Crippen LogP) is 8.10. The molecule has 2 nitrogen and oxygen atoms in total. The maximum absolute atomic E-state index is 5.04. The molecule has 0 amide bonds. The molecule has 2 unspecified atom stereocenters. The SMILES string of the molecule is Cc1ccncc1-c1cccc(-c2ccc3c(c2)CCC(C2=c4ccccc4=C(C4=CC=CCC4)C4C=CC=CC24)=C3)n1. The van der Waals surface area contributed by atoms with Crippen molar-refractivity contribution in [1.82, 2.24) is 9.97 Å². The van der Waals surface area contributed by atoms with Crippen LogP contribution in [-0.2, 0) is 6.42 Å². The number of benzene rings is 2. The topological polar surface area (TPSA) is 25.8 Å². The standard InChI is InChI=1S/C41H34N2/c1-27-22-23-42-26-37(27)39-17-9-16-38(43-39)31-20-18-30-25-32(21-19-29(30)24-31)41-35-14-7-5-12-33(35)40(28-10-3-2-4-11-28)34-13-6-8-15-36(34)41/h2-3,5-10,12-18,20,22-26,33,35H,4,11,19,21H2,1H3. The fourth-order valence-electron chi connectivity index (χ4n) is 7.41. The van der Waals surface area contributed by atoms with E-state index in [9.17, 15) is 0 Å². The lowest BCUT2D eigenvalue weighted by molar-refractivity contribution is 0.673. The molecule has 0 spiro atoms. The first-order valence-electron chi connectivity index (χ1n) is 15.5. The molecule has 2 aromatic heterocycles. The average molecular weight is 555 g/mol. The van der Waals surface area contributed by atoms with Gasteiger partial charge >= 0.3 is 0 Å². The Morgan fingerprint density at radius 2 is 1.51 bits per heavy atom. The van der Waals surface area contributed by atoms with Crippen molar-refractivity contribution in [2.75, 3.05) is 0 Å². The van der Waals surface area contributed by atoms with Gasteiger partial charge < -0.3 is 0 Å². The Bertz CT molecular complexity index is 2050. The molecule has 2 atom stereocenters. The summed E-state index contributed by atoms with van der Waals surface area (Å²) in [6, 6.07) is 24.4. The van der Waals surface area contributed by atoms with E-state index in [1.807, 2.05) is 18.5 Å². The zero-order chi connectivity index (χ0) is 28.8. The van der Waals surface area contributed by atoms with E-state index >= 15 is 0 Å². The van der Waals surface area contributed by atoms with Gasteiger partial charge in [0.2, 0.25) is 0 Å². The van der Waals surface area contributed by atoms with Crippen LogP contribution in [0.25, 0.3) is 39.7 Å². The number of pyridine rings is 2. The van der Waals surface area contributed by atoms with Gasteiger partial charge in [0.1, 0.15) is 0 Å². The number of aromatic nitrogens is 2. The number of aryl methyl sites for hydroxylation is 2. The van der Waals surface area contributed by atoms with Crippen LogP contribution in [0.4, 0.5) is 0 Å². The molecule has 0 bridgehead atoms. The zero-order valence-electron chi connectivity index (χ0n) is 24.5. The van der Waals surface area contributed by atoms with Crippen molar-refractivity contribution >= 4 is 17.2 Å². The minimum Gasteiger partial charge on any atom is -0.264 e. The Kier molecular flexibility index (Phi) is 6.48. The van der Waals surface area contributed by atoms with Gasteiger partial charge in [-0.2, -0.15) is 0 Å². The van der Waals surface area contributed by atoms with Crippen molar-refractivity contribution in [2.24, 2.45) is 11.8 Å². The first kappa shape index (κ1) is 25.9. The van der Waals surface area contributed by atoms with Crippen molar-refractivity contribution in [1.29, 1.82) is 0 Å². The third kappa shape index (κ3) is 4.58. The number of fused-ring (bicyclic) bond motifs is 3. The number of nitrogens with zero attached hydrogens (tertiary/aromatic N) is 2. The minimum atomic E-state index is 0.358.